The third kappa shape index (κ3) is 11.1. The van der Waals surface area contributed by atoms with E-state index in [0.717, 1.165) is 0 Å². The zero-order valence-corrected chi connectivity index (χ0v) is 21.8. The van der Waals surface area contributed by atoms with Crippen LogP contribution in [0.1, 0.15) is 96.4 Å². The van der Waals surface area contributed by atoms with Crippen LogP contribution in [-0.2, 0) is 14.1 Å². The predicted octanol–water partition coefficient (Wildman–Crippen LogP) is 6.47. The van der Waals surface area contributed by atoms with Crippen molar-refractivity contribution >= 4 is 14.4 Å². The van der Waals surface area contributed by atoms with Crippen molar-refractivity contribution in [1.29, 1.82) is 0 Å². The van der Waals surface area contributed by atoms with Gasteiger partial charge in [-0.15, -0.1) is 0 Å². The average Bonchev–Trinajstić information content (AvgIpc) is 2.54. The number of nitrogens with zero attached hydrogens (tertiary/aromatic N) is 2. The van der Waals surface area contributed by atoms with E-state index in [2.05, 4.69) is 64.7 Å². The summed E-state index contributed by atoms with van der Waals surface area (Å²) in [5, 5.41) is 0. The molecule has 1 atom stereocenters. The summed E-state index contributed by atoms with van der Waals surface area (Å²) in [5.74, 6) is -0.283. The number of hydrogen-bond acceptors (Lipinski definition) is 5. The van der Waals surface area contributed by atoms with Gasteiger partial charge in [0.2, 0.25) is 0 Å². The van der Waals surface area contributed by atoms with E-state index in [9.17, 15) is 4.79 Å². The second-order valence-electron chi connectivity index (χ2n) is 8.40. The maximum atomic E-state index is 12.0. The van der Waals surface area contributed by atoms with Crippen LogP contribution < -0.4 is 0 Å². The van der Waals surface area contributed by atoms with Crippen LogP contribution in [0.25, 0.3) is 0 Å². The van der Waals surface area contributed by atoms with Gasteiger partial charge < -0.3 is 9.26 Å². The lowest BCUT2D eigenvalue weighted by molar-refractivity contribution is -0.152. The van der Waals surface area contributed by atoms with E-state index < -0.39 is 8.45 Å². The molecule has 6 heteroatoms. The van der Waals surface area contributed by atoms with E-state index in [1.807, 2.05) is 34.6 Å². The highest BCUT2D eigenvalue weighted by Crippen LogP contribution is 2.50. The van der Waals surface area contributed by atoms with Gasteiger partial charge in [0.15, 0.2) is 8.45 Å². The first kappa shape index (κ1) is 30.0. The molecule has 0 aromatic heterocycles. The van der Waals surface area contributed by atoms with Gasteiger partial charge in [0.05, 0.1) is 18.6 Å². The monoisotopic (exact) mass is 420 g/mol. The minimum absolute atomic E-state index is 0.0715. The fourth-order valence-electron chi connectivity index (χ4n) is 3.01. The van der Waals surface area contributed by atoms with Gasteiger partial charge in [0.25, 0.3) is 0 Å². The third-order valence-electron chi connectivity index (χ3n) is 4.02. The highest BCUT2D eigenvalue weighted by molar-refractivity contribution is 7.47. The molecule has 0 bridgehead atoms. The Labute approximate surface area is 177 Å². The number of esters is 1. The summed E-state index contributed by atoms with van der Waals surface area (Å²) < 4.78 is 16.7. The van der Waals surface area contributed by atoms with Gasteiger partial charge in [-0.3, -0.25) is 4.79 Å². The summed E-state index contributed by atoms with van der Waals surface area (Å²) in [4.78, 5) is 12.0. The molecule has 0 heterocycles. The van der Waals surface area contributed by atoms with E-state index >= 15 is 0 Å². The van der Waals surface area contributed by atoms with Gasteiger partial charge in [-0.2, -0.15) is 0 Å². The van der Waals surface area contributed by atoms with E-state index in [-0.39, 0.29) is 18.0 Å². The summed E-state index contributed by atoms with van der Waals surface area (Å²) >= 11 is 0. The van der Waals surface area contributed by atoms with Gasteiger partial charge in [0, 0.05) is 24.2 Å². The lowest BCUT2D eigenvalue weighted by Crippen LogP contribution is -2.43. The van der Waals surface area contributed by atoms with E-state index in [1.54, 1.807) is 0 Å². The van der Waals surface area contributed by atoms with Gasteiger partial charge in [-0.05, 0) is 75.7 Å². The van der Waals surface area contributed by atoms with Crippen molar-refractivity contribution in [3.05, 3.63) is 0 Å². The molecule has 0 fully saturated rings. The molecule has 0 unspecified atom stereocenters. The summed E-state index contributed by atoms with van der Waals surface area (Å²) in [5.41, 5.74) is 0. The molecule has 5 nitrogen and oxygen atoms in total. The Bertz CT molecular complexity index is 365. The molecule has 0 saturated carbocycles. The maximum absolute atomic E-state index is 12.0. The molecule has 170 valence electrons. The van der Waals surface area contributed by atoms with Crippen molar-refractivity contribution in [2.75, 3.05) is 6.61 Å². The number of ether oxygens (including phenoxy) is 1. The molecular weight excluding hydrogens is 371 g/mol. The summed E-state index contributed by atoms with van der Waals surface area (Å²) in [6, 6.07) is 1.57. The smallest absolute Gasteiger partial charge is 0.308 e. The Hall–Kier alpha value is -0.220. The fraction of sp³-hybridized carbons (Fsp3) is 0.955. The van der Waals surface area contributed by atoms with Gasteiger partial charge >= 0.3 is 5.97 Å². The molecule has 0 spiro atoms. The summed E-state index contributed by atoms with van der Waals surface area (Å²) in [7, 11) is -0.897. The molecular formula is C22H49N2O3P. The van der Waals surface area contributed by atoms with E-state index in [1.165, 1.54) is 0 Å². The van der Waals surface area contributed by atoms with Crippen molar-refractivity contribution in [3.63, 3.8) is 0 Å². The lowest BCUT2D eigenvalue weighted by Gasteiger charge is -2.45. The molecule has 0 aromatic carbocycles. The first-order chi connectivity index (χ1) is 12.9. The average molecular weight is 421 g/mol. The Balaban J connectivity index is 0. The van der Waals surface area contributed by atoms with Crippen LogP contribution in [0.3, 0.4) is 0 Å². The zero-order chi connectivity index (χ0) is 22.6. The molecule has 0 aliphatic heterocycles. The zero-order valence-electron chi connectivity index (χ0n) is 20.9. The highest BCUT2D eigenvalue weighted by Gasteiger charge is 2.34. The van der Waals surface area contributed by atoms with Crippen LogP contribution in [0.15, 0.2) is 0 Å². The molecule has 0 saturated heterocycles. The Morgan fingerprint density at radius 3 is 1.39 bits per heavy atom. The summed E-state index contributed by atoms with van der Waals surface area (Å²) in [6.07, 6.45) is 0.607. The molecule has 0 amide bonds. The molecule has 0 rings (SSSR count). The van der Waals surface area contributed by atoms with E-state index in [4.69, 9.17) is 9.26 Å². The quantitative estimate of drug-likeness (QED) is 0.267. The molecule has 0 aromatic rings. The van der Waals surface area contributed by atoms with Gasteiger partial charge in [-0.1, -0.05) is 20.8 Å². The van der Waals surface area contributed by atoms with Crippen LogP contribution in [0.2, 0.25) is 0 Å². The highest BCUT2D eigenvalue weighted by atomic mass is 31.2. The normalized spacial score (nSPS) is 13.3. The minimum atomic E-state index is -0.897. The van der Waals surface area contributed by atoms with E-state index in [0.29, 0.717) is 37.2 Å². The minimum Gasteiger partial charge on any atom is -0.463 e. The third-order valence-corrected chi connectivity index (χ3v) is 7.07. The largest absolute Gasteiger partial charge is 0.463 e. The van der Waals surface area contributed by atoms with Crippen LogP contribution in [0, 0.1) is 5.92 Å². The number of hydrogen-bond donors (Lipinski definition) is 0. The molecule has 0 aliphatic carbocycles. The van der Waals surface area contributed by atoms with Crippen LogP contribution in [0.4, 0.5) is 0 Å². The van der Waals surface area contributed by atoms with Crippen LogP contribution >= 0.6 is 8.45 Å². The Morgan fingerprint density at radius 1 is 0.750 bits per heavy atom. The number of carbonyl (C=O) groups is 1. The topological polar surface area (TPSA) is 42.0 Å². The van der Waals surface area contributed by atoms with Crippen molar-refractivity contribution in [2.45, 2.75) is 127 Å². The van der Waals surface area contributed by atoms with Gasteiger partial charge in [0.1, 0.15) is 0 Å². The van der Waals surface area contributed by atoms with Crippen LogP contribution in [-0.4, -0.2) is 52.2 Å². The van der Waals surface area contributed by atoms with Crippen molar-refractivity contribution in [1.82, 2.24) is 9.34 Å². The second kappa shape index (κ2) is 15.6. The molecule has 0 radical (unpaired) electrons. The first-order valence-electron chi connectivity index (χ1n) is 11.1. The first-order valence-corrected chi connectivity index (χ1v) is 12.3. The Morgan fingerprint density at radius 2 is 1.11 bits per heavy atom. The second-order valence-corrected chi connectivity index (χ2v) is 10.1. The summed E-state index contributed by atoms with van der Waals surface area (Å²) in [6.45, 7) is 28.0. The van der Waals surface area contributed by atoms with Crippen molar-refractivity contribution in [3.8, 4) is 0 Å². The lowest BCUT2D eigenvalue weighted by atomic mass is 10.1. The molecule has 28 heavy (non-hydrogen) atoms. The standard InChI is InChI=1S/C20H43N2O3P.C2H6/c1-14(2)21(15(3)4)26(22(16(5)6)17(7)8)24-13-12-19(11)20(23)25-18(9)10;1-2/h14-19H,12-13H2,1-11H3;1-2H3/t19-;/m0./s1. The number of carbonyl (C=O) groups excluding carboxylic acids is 1. The molecule has 0 aliphatic rings. The SMILES string of the molecule is CC.CC(C)OC(=O)[C@@H](C)CCOP(N(C(C)C)C(C)C)N(C(C)C)C(C)C. The number of rotatable bonds is 12. The van der Waals surface area contributed by atoms with Crippen molar-refractivity contribution in [2.24, 2.45) is 5.92 Å². The van der Waals surface area contributed by atoms with Crippen LogP contribution in [0.5, 0.6) is 0 Å². The molecule has 0 N–H and O–H groups in total. The maximum Gasteiger partial charge on any atom is 0.308 e. The van der Waals surface area contributed by atoms with Crippen molar-refractivity contribution < 1.29 is 14.1 Å². The van der Waals surface area contributed by atoms with Gasteiger partial charge in [-0.25, -0.2) is 9.34 Å². The Kier molecular flexibility index (Phi) is 16.7. The fourth-order valence-corrected chi connectivity index (χ4v) is 5.37. The predicted molar refractivity (Wildman–Crippen MR) is 123 cm³/mol.